The van der Waals surface area contributed by atoms with Crippen LogP contribution in [0.1, 0.15) is 6.42 Å². The standard InChI is InChI=1S/C13H16Cl2N2O3S/c1-20-12(18)11(3-4-21-2)17-13(19)16-10-6-8(14)5-9(15)7-10/h5-7,11H,3-4H2,1-2H3,(H2,16,17,19). The minimum atomic E-state index is -0.697. The molecule has 0 radical (unpaired) electrons. The number of anilines is 1. The van der Waals surface area contributed by atoms with E-state index in [1.165, 1.54) is 7.11 Å². The Morgan fingerprint density at radius 1 is 1.29 bits per heavy atom. The van der Waals surface area contributed by atoms with Crippen LogP contribution in [0.3, 0.4) is 0 Å². The highest BCUT2D eigenvalue weighted by molar-refractivity contribution is 7.98. The summed E-state index contributed by atoms with van der Waals surface area (Å²) in [6.45, 7) is 0. The van der Waals surface area contributed by atoms with Gasteiger partial charge in [-0.1, -0.05) is 23.2 Å². The average Bonchev–Trinajstić information content (AvgIpc) is 2.41. The zero-order valence-electron chi connectivity index (χ0n) is 11.6. The molecule has 0 aliphatic rings. The van der Waals surface area contributed by atoms with E-state index in [9.17, 15) is 9.59 Å². The first kappa shape index (κ1) is 17.9. The molecule has 21 heavy (non-hydrogen) atoms. The number of carbonyl (C=O) groups is 2. The van der Waals surface area contributed by atoms with Gasteiger partial charge in [0.25, 0.3) is 0 Å². The molecule has 0 spiro atoms. The number of amides is 2. The second kappa shape index (κ2) is 9.02. The molecule has 1 aromatic rings. The van der Waals surface area contributed by atoms with Gasteiger partial charge in [0.1, 0.15) is 6.04 Å². The summed E-state index contributed by atoms with van der Waals surface area (Å²) >= 11 is 13.3. The fourth-order valence-corrected chi connectivity index (χ4v) is 2.58. The third-order valence-electron chi connectivity index (χ3n) is 2.52. The van der Waals surface area contributed by atoms with Gasteiger partial charge in [0.15, 0.2) is 0 Å². The second-order valence-corrected chi connectivity index (χ2v) is 5.97. The summed E-state index contributed by atoms with van der Waals surface area (Å²) in [5, 5.41) is 5.96. The van der Waals surface area contributed by atoms with E-state index in [-0.39, 0.29) is 0 Å². The Morgan fingerprint density at radius 2 is 1.90 bits per heavy atom. The van der Waals surface area contributed by atoms with Crippen LogP contribution in [-0.4, -0.2) is 37.2 Å². The Morgan fingerprint density at radius 3 is 2.43 bits per heavy atom. The van der Waals surface area contributed by atoms with Crippen molar-refractivity contribution in [3.8, 4) is 0 Å². The maximum atomic E-state index is 11.9. The van der Waals surface area contributed by atoms with Crippen molar-refractivity contribution in [1.82, 2.24) is 5.32 Å². The lowest BCUT2D eigenvalue weighted by Crippen LogP contribution is -2.44. The summed E-state index contributed by atoms with van der Waals surface area (Å²) in [4.78, 5) is 23.5. The Kier molecular flexibility index (Phi) is 7.71. The number of urea groups is 1. The van der Waals surface area contributed by atoms with E-state index >= 15 is 0 Å². The van der Waals surface area contributed by atoms with Crippen LogP contribution < -0.4 is 10.6 Å². The van der Waals surface area contributed by atoms with Gasteiger partial charge in [0, 0.05) is 15.7 Å². The third kappa shape index (κ3) is 6.46. The quantitative estimate of drug-likeness (QED) is 0.771. The molecule has 1 aromatic carbocycles. The van der Waals surface area contributed by atoms with Gasteiger partial charge in [-0.15, -0.1) is 0 Å². The normalized spacial score (nSPS) is 11.6. The molecular weight excluding hydrogens is 335 g/mol. The molecule has 0 fully saturated rings. The number of hydrogen-bond acceptors (Lipinski definition) is 4. The first-order valence-electron chi connectivity index (χ1n) is 6.06. The van der Waals surface area contributed by atoms with Gasteiger partial charge in [-0.25, -0.2) is 9.59 Å². The van der Waals surface area contributed by atoms with Crippen LogP contribution in [0, 0.1) is 0 Å². The lowest BCUT2D eigenvalue weighted by molar-refractivity contribution is -0.142. The summed E-state index contributed by atoms with van der Waals surface area (Å²) in [5.74, 6) is 0.242. The van der Waals surface area contributed by atoms with Crippen molar-refractivity contribution in [1.29, 1.82) is 0 Å². The van der Waals surface area contributed by atoms with Crippen LogP contribution in [0.15, 0.2) is 18.2 Å². The van der Waals surface area contributed by atoms with Gasteiger partial charge in [0.05, 0.1) is 7.11 Å². The molecule has 0 bridgehead atoms. The molecule has 0 saturated carbocycles. The first-order valence-corrected chi connectivity index (χ1v) is 8.21. The average molecular weight is 351 g/mol. The molecule has 1 rings (SSSR count). The maximum absolute atomic E-state index is 11.9. The number of halogens is 2. The molecule has 2 N–H and O–H groups in total. The van der Waals surface area contributed by atoms with Crippen molar-refractivity contribution in [3.05, 3.63) is 28.2 Å². The van der Waals surface area contributed by atoms with Crippen LogP contribution in [0.2, 0.25) is 10.0 Å². The van der Waals surface area contributed by atoms with E-state index in [1.807, 2.05) is 6.26 Å². The number of hydrogen-bond donors (Lipinski definition) is 2. The molecule has 0 aliphatic heterocycles. The van der Waals surface area contributed by atoms with Crippen LogP contribution in [0.4, 0.5) is 10.5 Å². The minimum absolute atomic E-state index is 0.407. The molecule has 2 amide bonds. The van der Waals surface area contributed by atoms with Crippen LogP contribution in [0.5, 0.6) is 0 Å². The fraction of sp³-hybridized carbons (Fsp3) is 0.385. The van der Waals surface area contributed by atoms with Gasteiger partial charge in [-0.2, -0.15) is 11.8 Å². The minimum Gasteiger partial charge on any atom is -0.467 e. The first-order chi connectivity index (χ1) is 9.96. The molecule has 0 aromatic heterocycles. The van der Waals surface area contributed by atoms with Crippen molar-refractivity contribution in [2.45, 2.75) is 12.5 Å². The summed E-state index contributed by atoms with van der Waals surface area (Å²) in [6.07, 6.45) is 2.40. The number of esters is 1. The number of benzene rings is 1. The smallest absolute Gasteiger partial charge is 0.328 e. The zero-order chi connectivity index (χ0) is 15.8. The fourth-order valence-electron chi connectivity index (χ4n) is 1.58. The van der Waals surface area contributed by atoms with E-state index in [0.29, 0.717) is 22.2 Å². The SMILES string of the molecule is COC(=O)C(CCSC)NC(=O)Nc1cc(Cl)cc(Cl)c1. The van der Waals surface area contributed by atoms with E-state index in [0.717, 1.165) is 5.75 Å². The molecule has 0 heterocycles. The lowest BCUT2D eigenvalue weighted by Gasteiger charge is -2.16. The number of nitrogens with one attached hydrogen (secondary N) is 2. The van der Waals surface area contributed by atoms with Crippen molar-refractivity contribution < 1.29 is 14.3 Å². The highest BCUT2D eigenvalue weighted by Crippen LogP contribution is 2.22. The highest BCUT2D eigenvalue weighted by atomic mass is 35.5. The Labute approximate surface area is 137 Å². The largest absolute Gasteiger partial charge is 0.467 e. The van der Waals surface area contributed by atoms with Gasteiger partial charge in [-0.3, -0.25) is 0 Å². The van der Waals surface area contributed by atoms with E-state index in [1.54, 1.807) is 30.0 Å². The van der Waals surface area contributed by atoms with Crippen molar-refractivity contribution in [3.63, 3.8) is 0 Å². The molecule has 0 saturated heterocycles. The summed E-state index contributed by atoms with van der Waals surface area (Å²) in [6, 6.07) is 3.45. The van der Waals surface area contributed by atoms with Gasteiger partial charge >= 0.3 is 12.0 Å². The maximum Gasteiger partial charge on any atom is 0.328 e. The van der Waals surface area contributed by atoms with Crippen molar-refractivity contribution in [2.24, 2.45) is 0 Å². The molecule has 8 heteroatoms. The molecule has 116 valence electrons. The molecular formula is C13H16Cl2N2O3S. The van der Waals surface area contributed by atoms with Crippen LogP contribution in [0.25, 0.3) is 0 Å². The summed E-state index contributed by atoms with van der Waals surface area (Å²) < 4.78 is 4.67. The number of thioether (sulfide) groups is 1. The Hall–Kier alpha value is -1.11. The van der Waals surface area contributed by atoms with E-state index in [4.69, 9.17) is 23.2 Å². The number of carbonyl (C=O) groups excluding carboxylic acids is 2. The van der Waals surface area contributed by atoms with Gasteiger partial charge in [0.2, 0.25) is 0 Å². The highest BCUT2D eigenvalue weighted by Gasteiger charge is 2.21. The summed E-state index contributed by atoms with van der Waals surface area (Å²) in [7, 11) is 1.28. The van der Waals surface area contributed by atoms with Gasteiger partial charge < -0.3 is 15.4 Å². The number of methoxy groups -OCH3 is 1. The van der Waals surface area contributed by atoms with Crippen LogP contribution in [-0.2, 0) is 9.53 Å². The topological polar surface area (TPSA) is 67.4 Å². The van der Waals surface area contributed by atoms with Gasteiger partial charge in [-0.05, 0) is 36.6 Å². The molecule has 1 unspecified atom stereocenters. The third-order valence-corrected chi connectivity index (χ3v) is 3.60. The Balaban J connectivity index is 2.66. The Bertz CT molecular complexity index is 494. The van der Waals surface area contributed by atoms with Crippen molar-refractivity contribution in [2.75, 3.05) is 24.4 Å². The predicted molar refractivity (Wildman–Crippen MR) is 87.4 cm³/mol. The monoisotopic (exact) mass is 350 g/mol. The lowest BCUT2D eigenvalue weighted by atomic mass is 10.2. The predicted octanol–water partition coefficient (Wildman–Crippen LogP) is 3.41. The van der Waals surface area contributed by atoms with E-state index < -0.39 is 18.0 Å². The number of rotatable bonds is 6. The molecule has 0 aliphatic carbocycles. The second-order valence-electron chi connectivity index (χ2n) is 4.11. The van der Waals surface area contributed by atoms with Crippen LogP contribution >= 0.6 is 35.0 Å². The molecule has 5 nitrogen and oxygen atoms in total. The molecule has 1 atom stereocenters. The van der Waals surface area contributed by atoms with Crippen molar-refractivity contribution >= 4 is 52.7 Å². The zero-order valence-corrected chi connectivity index (χ0v) is 13.9. The van der Waals surface area contributed by atoms with E-state index in [2.05, 4.69) is 15.4 Å². The number of ether oxygens (including phenoxy) is 1. The summed E-state index contributed by atoms with van der Waals surface area (Å²) in [5.41, 5.74) is 0.443.